The summed E-state index contributed by atoms with van der Waals surface area (Å²) in [6, 6.07) is 4.90. The van der Waals surface area contributed by atoms with Crippen LogP contribution >= 0.6 is 11.6 Å². The number of halogens is 1. The number of nitrogens with zero attached hydrogens (tertiary/aromatic N) is 1. The van der Waals surface area contributed by atoms with Gasteiger partial charge in [-0.2, -0.15) is 4.31 Å². The monoisotopic (exact) mass is 316 g/mol. The van der Waals surface area contributed by atoms with Crippen LogP contribution in [-0.2, 0) is 10.0 Å². The van der Waals surface area contributed by atoms with E-state index in [2.05, 4.69) is 0 Å². The van der Waals surface area contributed by atoms with Crippen LogP contribution in [0.15, 0.2) is 23.1 Å². The third-order valence-corrected chi connectivity index (χ3v) is 6.27. The van der Waals surface area contributed by atoms with E-state index in [-0.39, 0.29) is 11.5 Å². The van der Waals surface area contributed by atoms with Crippen molar-refractivity contribution in [1.82, 2.24) is 4.31 Å². The first-order chi connectivity index (χ1) is 9.14. The average Bonchev–Trinajstić information content (AvgIpc) is 2.31. The molecule has 1 aromatic rings. The molecule has 112 valence electrons. The second kappa shape index (κ2) is 5.30. The topological polar surface area (TPSA) is 63.4 Å². The molecule has 2 rings (SSSR count). The molecule has 1 unspecified atom stereocenters. The molecule has 1 fully saturated rings. The van der Waals surface area contributed by atoms with Crippen LogP contribution in [0.5, 0.6) is 0 Å². The third-order valence-electron chi connectivity index (χ3n) is 4.03. The molecule has 1 aliphatic heterocycles. The molecule has 0 amide bonds. The second-order valence-corrected chi connectivity index (χ2v) is 8.47. The minimum Gasteiger partial charge on any atom is -0.327 e. The van der Waals surface area contributed by atoms with Crippen molar-refractivity contribution in [2.45, 2.75) is 38.1 Å². The maximum absolute atomic E-state index is 12.8. The average molecular weight is 317 g/mol. The summed E-state index contributed by atoms with van der Waals surface area (Å²) < 4.78 is 27.0. The predicted octanol–water partition coefficient (Wildman–Crippen LogP) is 2.40. The molecule has 2 N–H and O–H groups in total. The van der Waals surface area contributed by atoms with Crippen LogP contribution in [0.25, 0.3) is 0 Å². The van der Waals surface area contributed by atoms with Gasteiger partial charge in [-0.25, -0.2) is 8.42 Å². The van der Waals surface area contributed by atoms with Crippen molar-refractivity contribution < 1.29 is 8.42 Å². The molecule has 0 bridgehead atoms. The molecule has 1 atom stereocenters. The van der Waals surface area contributed by atoms with Gasteiger partial charge in [-0.1, -0.05) is 25.4 Å². The van der Waals surface area contributed by atoms with Crippen LogP contribution in [0, 0.1) is 12.3 Å². The SMILES string of the molecule is Cc1cc(Cl)ccc1S(=O)(=O)N1CCC(N)C(C)(C)C1. The van der Waals surface area contributed by atoms with Crippen molar-refractivity contribution in [2.75, 3.05) is 13.1 Å². The van der Waals surface area contributed by atoms with Crippen LogP contribution in [-0.4, -0.2) is 31.9 Å². The highest BCUT2D eigenvalue weighted by Gasteiger charge is 2.39. The largest absolute Gasteiger partial charge is 0.327 e. The fourth-order valence-corrected chi connectivity index (χ4v) is 4.63. The molecular formula is C14H21ClN2O2S. The number of rotatable bonds is 2. The Kier molecular flexibility index (Phi) is 4.17. The lowest BCUT2D eigenvalue weighted by molar-refractivity contribution is 0.155. The highest BCUT2D eigenvalue weighted by Crippen LogP contribution is 2.32. The van der Waals surface area contributed by atoms with E-state index in [0.29, 0.717) is 35.0 Å². The Morgan fingerprint density at radius 3 is 2.60 bits per heavy atom. The fourth-order valence-electron chi connectivity index (χ4n) is 2.57. The van der Waals surface area contributed by atoms with Gasteiger partial charge in [0.25, 0.3) is 0 Å². The molecule has 20 heavy (non-hydrogen) atoms. The summed E-state index contributed by atoms with van der Waals surface area (Å²) in [4.78, 5) is 0.327. The number of benzene rings is 1. The van der Waals surface area contributed by atoms with E-state index in [1.165, 1.54) is 4.31 Å². The highest BCUT2D eigenvalue weighted by atomic mass is 35.5. The summed E-state index contributed by atoms with van der Waals surface area (Å²) in [7, 11) is -3.48. The van der Waals surface area contributed by atoms with Crippen LogP contribution in [0.4, 0.5) is 0 Å². The maximum atomic E-state index is 12.8. The number of nitrogens with two attached hydrogens (primary N) is 1. The van der Waals surface area contributed by atoms with E-state index >= 15 is 0 Å². The highest BCUT2D eigenvalue weighted by molar-refractivity contribution is 7.89. The van der Waals surface area contributed by atoms with Gasteiger partial charge in [-0.3, -0.25) is 0 Å². The Morgan fingerprint density at radius 2 is 2.05 bits per heavy atom. The number of hydrogen-bond donors (Lipinski definition) is 1. The molecule has 1 aromatic carbocycles. The Hall–Kier alpha value is -0.620. The van der Waals surface area contributed by atoms with Crippen molar-refractivity contribution in [1.29, 1.82) is 0 Å². The molecule has 0 aliphatic carbocycles. The molecule has 0 radical (unpaired) electrons. The van der Waals surface area contributed by atoms with Crippen molar-refractivity contribution in [3.63, 3.8) is 0 Å². The lowest BCUT2D eigenvalue weighted by Crippen LogP contribution is -2.53. The van der Waals surface area contributed by atoms with Gasteiger partial charge in [0.15, 0.2) is 0 Å². The summed E-state index contributed by atoms with van der Waals surface area (Å²) in [5, 5.41) is 0.544. The van der Waals surface area contributed by atoms with Gasteiger partial charge in [0.2, 0.25) is 10.0 Å². The zero-order chi connectivity index (χ0) is 15.1. The number of piperidine rings is 1. The molecule has 0 spiro atoms. The van der Waals surface area contributed by atoms with Gasteiger partial charge in [0, 0.05) is 24.2 Å². The van der Waals surface area contributed by atoms with E-state index in [9.17, 15) is 8.42 Å². The summed E-state index contributed by atoms with van der Waals surface area (Å²) in [5.74, 6) is 0. The third kappa shape index (κ3) is 2.86. The zero-order valence-corrected chi connectivity index (χ0v) is 13.6. The van der Waals surface area contributed by atoms with Gasteiger partial charge >= 0.3 is 0 Å². The summed E-state index contributed by atoms with van der Waals surface area (Å²) >= 11 is 5.89. The number of hydrogen-bond acceptors (Lipinski definition) is 3. The molecule has 1 heterocycles. The molecule has 1 aliphatic rings. The van der Waals surface area contributed by atoms with Crippen LogP contribution in [0.1, 0.15) is 25.8 Å². The molecule has 0 aromatic heterocycles. The molecule has 1 saturated heterocycles. The maximum Gasteiger partial charge on any atom is 0.243 e. The Bertz CT molecular complexity index is 614. The standard InChI is InChI=1S/C14H21ClN2O2S/c1-10-8-11(15)4-5-12(10)20(18,19)17-7-6-13(16)14(2,3)9-17/h4-5,8,13H,6-7,9,16H2,1-3H3. The summed E-state index contributed by atoms with van der Waals surface area (Å²) in [5.41, 5.74) is 6.52. The smallest absolute Gasteiger partial charge is 0.243 e. The van der Waals surface area contributed by atoms with Gasteiger partial charge < -0.3 is 5.73 Å². The zero-order valence-electron chi connectivity index (χ0n) is 12.1. The lowest BCUT2D eigenvalue weighted by Gasteiger charge is -2.41. The molecule has 4 nitrogen and oxygen atoms in total. The number of sulfonamides is 1. The summed E-state index contributed by atoms with van der Waals surface area (Å²) in [6.07, 6.45) is 0.679. The quantitative estimate of drug-likeness (QED) is 0.911. The summed E-state index contributed by atoms with van der Waals surface area (Å²) in [6.45, 7) is 6.69. The Balaban J connectivity index is 2.36. The van der Waals surface area contributed by atoms with Crippen LogP contribution in [0.2, 0.25) is 5.02 Å². The Labute approximate surface area is 126 Å². The van der Waals surface area contributed by atoms with Gasteiger partial charge in [-0.15, -0.1) is 0 Å². The van der Waals surface area contributed by atoms with Crippen molar-refractivity contribution in [2.24, 2.45) is 11.1 Å². The fraction of sp³-hybridized carbons (Fsp3) is 0.571. The number of aryl methyl sites for hydroxylation is 1. The normalized spacial score (nSPS) is 23.8. The first-order valence-corrected chi connectivity index (χ1v) is 8.48. The molecular weight excluding hydrogens is 296 g/mol. The molecule has 0 saturated carbocycles. The first kappa shape index (κ1) is 15.8. The van der Waals surface area contributed by atoms with Crippen molar-refractivity contribution in [3.05, 3.63) is 28.8 Å². The van der Waals surface area contributed by atoms with E-state index in [1.54, 1.807) is 25.1 Å². The minimum atomic E-state index is -3.48. The van der Waals surface area contributed by atoms with E-state index < -0.39 is 10.0 Å². The minimum absolute atomic E-state index is 0.0280. The van der Waals surface area contributed by atoms with Crippen LogP contribution < -0.4 is 5.73 Å². The lowest BCUT2D eigenvalue weighted by atomic mass is 9.81. The van der Waals surface area contributed by atoms with Crippen molar-refractivity contribution >= 4 is 21.6 Å². The van der Waals surface area contributed by atoms with E-state index in [1.807, 2.05) is 13.8 Å². The van der Waals surface area contributed by atoms with Gasteiger partial charge in [0.05, 0.1) is 4.90 Å². The predicted molar refractivity (Wildman–Crippen MR) is 81.3 cm³/mol. The van der Waals surface area contributed by atoms with E-state index in [4.69, 9.17) is 17.3 Å². The van der Waals surface area contributed by atoms with E-state index in [0.717, 1.165) is 0 Å². The second-order valence-electron chi connectivity index (χ2n) is 6.13. The molecule has 6 heteroatoms. The van der Waals surface area contributed by atoms with Gasteiger partial charge in [0.1, 0.15) is 0 Å². The van der Waals surface area contributed by atoms with Crippen LogP contribution in [0.3, 0.4) is 0 Å². The van der Waals surface area contributed by atoms with Crippen molar-refractivity contribution in [3.8, 4) is 0 Å². The first-order valence-electron chi connectivity index (χ1n) is 6.66. The Morgan fingerprint density at radius 1 is 1.40 bits per heavy atom. The van der Waals surface area contributed by atoms with Gasteiger partial charge in [-0.05, 0) is 42.5 Å².